The summed E-state index contributed by atoms with van der Waals surface area (Å²) >= 11 is 6.57. The van der Waals surface area contributed by atoms with Crippen LogP contribution in [0.4, 0.5) is 0 Å². The lowest BCUT2D eigenvalue weighted by Crippen LogP contribution is -2.35. The molecule has 1 rings (SSSR count). The number of rotatable bonds is 8. The van der Waals surface area contributed by atoms with Crippen LogP contribution in [0.15, 0.2) is 29.2 Å². The Kier molecular flexibility index (Phi) is 7.12. The molecule has 21 heavy (non-hydrogen) atoms. The summed E-state index contributed by atoms with van der Waals surface area (Å²) in [4.78, 5) is 0.695. The van der Waals surface area contributed by atoms with Gasteiger partial charge in [-0.15, -0.1) is 0 Å². The van der Waals surface area contributed by atoms with Gasteiger partial charge in [-0.25, -0.2) is 8.42 Å². The minimum absolute atomic E-state index is 0.0289. The Hall–Kier alpha value is -0.630. The van der Waals surface area contributed by atoms with Crippen LogP contribution in [0.5, 0.6) is 0 Å². The molecule has 0 radical (unpaired) electrons. The van der Waals surface area contributed by atoms with Crippen molar-refractivity contribution in [1.82, 2.24) is 4.31 Å². The van der Waals surface area contributed by atoms with Crippen molar-refractivity contribution in [1.29, 1.82) is 0 Å². The number of thiocarbonyl (C=S) groups is 1. The second-order valence-electron chi connectivity index (χ2n) is 4.94. The summed E-state index contributed by atoms with van der Waals surface area (Å²) in [5.41, 5.74) is 6.40. The van der Waals surface area contributed by atoms with E-state index >= 15 is 0 Å². The van der Waals surface area contributed by atoms with E-state index < -0.39 is 10.0 Å². The summed E-state index contributed by atoms with van der Waals surface area (Å²) < 4.78 is 26.5. The molecule has 4 nitrogen and oxygen atoms in total. The third kappa shape index (κ3) is 5.25. The molecular weight excluding hydrogens is 324 g/mol. The van der Waals surface area contributed by atoms with Crippen molar-refractivity contribution in [2.45, 2.75) is 30.7 Å². The summed E-state index contributed by atoms with van der Waals surface area (Å²) in [5.74, 6) is 0.938. The first-order valence-electron chi connectivity index (χ1n) is 6.63. The molecule has 1 aromatic carbocycles. The zero-order valence-corrected chi connectivity index (χ0v) is 15.0. The number of hydrogen-bond acceptors (Lipinski definition) is 4. The molecule has 0 amide bonds. The Morgan fingerprint density at radius 1 is 1.38 bits per heavy atom. The van der Waals surface area contributed by atoms with Crippen LogP contribution < -0.4 is 5.73 Å². The molecule has 0 aliphatic rings. The molecule has 2 N–H and O–H groups in total. The van der Waals surface area contributed by atoms with Gasteiger partial charge in [0.05, 0.1) is 9.88 Å². The van der Waals surface area contributed by atoms with Crippen molar-refractivity contribution in [2.24, 2.45) is 5.73 Å². The molecule has 0 heterocycles. The molecule has 118 valence electrons. The average Bonchev–Trinajstić information content (AvgIpc) is 2.43. The van der Waals surface area contributed by atoms with E-state index in [9.17, 15) is 8.42 Å². The molecule has 0 saturated heterocycles. The number of thioether (sulfide) groups is 1. The highest BCUT2D eigenvalue weighted by atomic mass is 32.2. The molecule has 0 aliphatic carbocycles. The van der Waals surface area contributed by atoms with Crippen LogP contribution in [0.1, 0.15) is 18.9 Å². The Morgan fingerprint density at radius 3 is 2.43 bits per heavy atom. The van der Waals surface area contributed by atoms with Crippen LogP contribution in [-0.4, -0.2) is 42.8 Å². The Labute approximate surface area is 137 Å². The Bertz CT molecular complexity index is 570. The molecule has 0 bridgehead atoms. The number of benzene rings is 1. The minimum atomic E-state index is -3.45. The fraction of sp³-hybridized carbons (Fsp3) is 0.500. The van der Waals surface area contributed by atoms with E-state index in [2.05, 4.69) is 0 Å². The molecule has 0 spiro atoms. The zero-order valence-electron chi connectivity index (χ0n) is 12.6. The normalized spacial score (nSPS) is 13.3. The molecule has 1 aromatic rings. The van der Waals surface area contributed by atoms with Crippen molar-refractivity contribution in [3.8, 4) is 0 Å². The highest BCUT2D eigenvalue weighted by molar-refractivity contribution is 7.98. The van der Waals surface area contributed by atoms with Crippen molar-refractivity contribution >= 4 is 39.0 Å². The molecule has 7 heteroatoms. The van der Waals surface area contributed by atoms with Gasteiger partial charge in [0.25, 0.3) is 0 Å². The molecule has 1 unspecified atom stereocenters. The average molecular weight is 347 g/mol. The maximum absolute atomic E-state index is 12.5. The smallest absolute Gasteiger partial charge is 0.243 e. The third-order valence-corrected chi connectivity index (χ3v) is 6.11. The number of sulfonamides is 1. The molecular formula is C14H22N2O2S3. The summed E-state index contributed by atoms with van der Waals surface area (Å²) in [7, 11) is -1.83. The minimum Gasteiger partial charge on any atom is -0.393 e. The number of nitrogens with zero attached hydrogens (tertiary/aromatic N) is 1. The molecule has 0 fully saturated rings. The van der Waals surface area contributed by atoms with Gasteiger partial charge >= 0.3 is 0 Å². The zero-order chi connectivity index (χ0) is 16.0. The fourth-order valence-corrected chi connectivity index (χ4v) is 3.99. The van der Waals surface area contributed by atoms with Crippen LogP contribution >= 0.6 is 24.0 Å². The predicted octanol–water partition coefficient (Wildman–Crippen LogP) is 2.28. The van der Waals surface area contributed by atoms with Gasteiger partial charge in [-0.3, -0.25) is 0 Å². The largest absolute Gasteiger partial charge is 0.393 e. The third-order valence-electron chi connectivity index (χ3n) is 3.34. The van der Waals surface area contributed by atoms with Crippen molar-refractivity contribution in [3.63, 3.8) is 0 Å². The Morgan fingerprint density at radius 2 is 1.95 bits per heavy atom. The summed E-state index contributed by atoms with van der Waals surface area (Å²) in [6, 6.07) is 6.71. The van der Waals surface area contributed by atoms with E-state index in [0.717, 1.165) is 17.7 Å². The van der Waals surface area contributed by atoms with Gasteiger partial charge < -0.3 is 5.73 Å². The van der Waals surface area contributed by atoms with Crippen LogP contribution in [0.2, 0.25) is 0 Å². The van der Waals surface area contributed by atoms with Crippen molar-refractivity contribution in [2.75, 3.05) is 19.1 Å². The highest BCUT2D eigenvalue weighted by Crippen LogP contribution is 2.19. The monoisotopic (exact) mass is 346 g/mol. The fourth-order valence-electron chi connectivity index (χ4n) is 1.85. The molecule has 0 aromatic heterocycles. The van der Waals surface area contributed by atoms with E-state index in [0.29, 0.717) is 16.3 Å². The van der Waals surface area contributed by atoms with Gasteiger partial charge in [0.15, 0.2) is 0 Å². The quantitative estimate of drug-likeness (QED) is 0.732. The highest BCUT2D eigenvalue weighted by Gasteiger charge is 2.24. The van der Waals surface area contributed by atoms with Gasteiger partial charge in [0.1, 0.15) is 0 Å². The lowest BCUT2D eigenvalue weighted by atomic mass is 10.1. The van der Waals surface area contributed by atoms with E-state index in [1.165, 1.54) is 4.31 Å². The first-order chi connectivity index (χ1) is 9.78. The van der Waals surface area contributed by atoms with Crippen molar-refractivity contribution < 1.29 is 8.42 Å². The maximum atomic E-state index is 12.5. The van der Waals surface area contributed by atoms with E-state index in [-0.39, 0.29) is 6.04 Å². The Balaban J connectivity index is 2.89. The number of nitrogens with two attached hydrogens (primary N) is 1. The molecule has 1 atom stereocenters. The topological polar surface area (TPSA) is 63.4 Å². The van der Waals surface area contributed by atoms with Gasteiger partial charge in [0.2, 0.25) is 10.0 Å². The second-order valence-corrected chi connectivity index (χ2v) is 8.45. The lowest BCUT2D eigenvalue weighted by molar-refractivity contribution is 0.382. The van der Waals surface area contributed by atoms with Gasteiger partial charge in [-0.1, -0.05) is 24.4 Å². The van der Waals surface area contributed by atoms with E-state index in [1.54, 1.807) is 43.1 Å². The van der Waals surface area contributed by atoms with E-state index in [1.807, 2.05) is 13.2 Å². The number of hydrogen-bond donors (Lipinski definition) is 1. The first kappa shape index (κ1) is 18.4. The molecule has 0 aliphatic heterocycles. The molecule has 0 saturated carbocycles. The summed E-state index contributed by atoms with van der Waals surface area (Å²) in [6.45, 7) is 1.93. The lowest BCUT2D eigenvalue weighted by Gasteiger charge is -2.24. The van der Waals surface area contributed by atoms with Crippen LogP contribution in [0, 0.1) is 0 Å². The first-order valence-corrected chi connectivity index (χ1v) is 9.87. The summed E-state index contributed by atoms with van der Waals surface area (Å²) in [5, 5.41) is 0. The summed E-state index contributed by atoms with van der Waals surface area (Å²) in [6.07, 6.45) is 3.33. The van der Waals surface area contributed by atoms with Crippen LogP contribution in [0.25, 0.3) is 0 Å². The standard InChI is InChI=1S/C14H22N2O2S3/c1-11(8-9-20-3)16(2)21(17,18)13-6-4-12(5-7-13)10-14(15)19/h4-7,11H,8-10H2,1-3H3,(H2,15,19). The van der Waals surface area contributed by atoms with Gasteiger partial charge in [0, 0.05) is 19.5 Å². The van der Waals surface area contributed by atoms with Gasteiger partial charge in [-0.05, 0) is 43.0 Å². The predicted molar refractivity (Wildman–Crippen MR) is 94.3 cm³/mol. The van der Waals surface area contributed by atoms with Crippen LogP contribution in [-0.2, 0) is 16.4 Å². The maximum Gasteiger partial charge on any atom is 0.243 e. The van der Waals surface area contributed by atoms with Crippen LogP contribution in [0.3, 0.4) is 0 Å². The SMILES string of the molecule is CSCCC(C)N(C)S(=O)(=O)c1ccc(CC(N)=S)cc1. The second kappa shape index (κ2) is 8.12. The van der Waals surface area contributed by atoms with E-state index in [4.69, 9.17) is 18.0 Å². The van der Waals surface area contributed by atoms with Gasteiger partial charge in [-0.2, -0.15) is 16.1 Å². The van der Waals surface area contributed by atoms with Crippen molar-refractivity contribution in [3.05, 3.63) is 29.8 Å².